The first-order valence-electron chi connectivity index (χ1n) is 6.86. The predicted molar refractivity (Wildman–Crippen MR) is 96.4 cm³/mol. The summed E-state index contributed by atoms with van der Waals surface area (Å²) >= 11 is 3.41. The van der Waals surface area contributed by atoms with Gasteiger partial charge in [0.2, 0.25) is 0 Å². The Kier molecular flexibility index (Phi) is 4.61. The lowest BCUT2D eigenvalue weighted by molar-refractivity contribution is 1.31. The summed E-state index contributed by atoms with van der Waals surface area (Å²) in [5.74, 6) is 0. The first-order valence-corrected chi connectivity index (χ1v) is 8.50. The standard InChI is InChI=1S/C18H16N2S2/c19-13-8-10-14(11-9-13)21-15-4-3-5-16(12-15)22-18-7-2-1-6-17(18)20/h1-12H,19-20H2. The molecule has 4 heteroatoms. The van der Waals surface area contributed by atoms with Gasteiger partial charge < -0.3 is 11.5 Å². The van der Waals surface area contributed by atoms with Crippen LogP contribution in [-0.2, 0) is 0 Å². The Labute approximate surface area is 138 Å². The molecule has 0 aliphatic rings. The predicted octanol–water partition coefficient (Wildman–Crippen LogP) is 5.15. The fourth-order valence-corrected chi connectivity index (χ4v) is 3.84. The fourth-order valence-electron chi connectivity index (χ4n) is 1.97. The van der Waals surface area contributed by atoms with Gasteiger partial charge in [-0.1, -0.05) is 41.7 Å². The molecule has 0 aliphatic heterocycles. The molecule has 0 amide bonds. The van der Waals surface area contributed by atoms with Gasteiger partial charge in [0, 0.05) is 31.0 Å². The van der Waals surface area contributed by atoms with E-state index < -0.39 is 0 Å². The molecule has 0 aromatic heterocycles. The van der Waals surface area contributed by atoms with Gasteiger partial charge in [0.05, 0.1) is 0 Å². The van der Waals surface area contributed by atoms with Crippen LogP contribution in [0.1, 0.15) is 0 Å². The lowest BCUT2D eigenvalue weighted by Crippen LogP contribution is -1.87. The van der Waals surface area contributed by atoms with Crippen LogP contribution in [0.5, 0.6) is 0 Å². The minimum atomic E-state index is 0.785. The monoisotopic (exact) mass is 324 g/mol. The van der Waals surface area contributed by atoms with Gasteiger partial charge in [-0.2, -0.15) is 0 Å². The van der Waals surface area contributed by atoms with Crippen molar-refractivity contribution < 1.29 is 0 Å². The van der Waals surface area contributed by atoms with Crippen LogP contribution in [0.4, 0.5) is 11.4 Å². The Morgan fingerprint density at radius 1 is 0.591 bits per heavy atom. The van der Waals surface area contributed by atoms with Crippen LogP contribution in [0.15, 0.2) is 92.4 Å². The molecule has 3 aromatic rings. The molecule has 2 nitrogen and oxygen atoms in total. The highest BCUT2D eigenvalue weighted by molar-refractivity contribution is 8.00. The van der Waals surface area contributed by atoms with Crippen LogP contribution < -0.4 is 11.5 Å². The Balaban J connectivity index is 1.78. The van der Waals surface area contributed by atoms with Crippen LogP contribution in [0, 0.1) is 0 Å². The lowest BCUT2D eigenvalue weighted by Gasteiger charge is -2.07. The summed E-state index contributed by atoms with van der Waals surface area (Å²) in [4.78, 5) is 4.63. The van der Waals surface area contributed by atoms with E-state index in [1.165, 1.54) is 14.7 Å². The van der Waals surface area contributed by atoms with Crippen molar-refractivity contribution in [3.63, 3.8) is 0 Å². The number of anilines is 2. The Morgan fingerprint density at radius 3 is 2.00 bits per heavy atom. The molecule has 22 heavy (non-hydrogen) atoms. The van der Waals surface area contributed by atoms with E-state index in [0.717, 1.165) is 16.3 Å². The molecule has 0 saturated heterocycles. The highest BCUT2D eigenvalue weighted by atomic mass is 32.2. The van der Waals surface area contributed by atoms with E-state index in [1.807, 2.05) is 48.5 Å². The number of nitrogen functional groups attached to an aromatic ring is 2. The maximum Gasteiger partial charge on any atom is 0.0455 e. The second-order valence-electron chi connectivity index (χ2n) is 4.79. The topological polar surface area (TPSA) is 52.0 Å². The first-order chi connectivity index (χ1) is 10.7. The summed E-state index contributed by atoms with van der Waals surface area (Å²) in [7, 11) is 0. The first kappa shape index (κ1) is 14.9. The molecule has 0 heterocycles. The third-order valence-electron chi connectivity index (χ3n) is 3.07. The second-order valence-corrected chi connectivity index (χ2v) is 7.05. The maximum atomic E-state index is 6.01. The smallest absolute Gasteiger partial charge is 0.0455 e. The van der Waals surface area contributed by atoms with Gasteiger partial charge in [-0.3, -0.25) is 0 Å². The summed E-state index contributed by atoms with van der Waals surface area (Å²) in [6.07, 6.45) is 0. The summed E-state index contributed by atoms with van der Waals surface area (Å²) in [5.41, 5.74) is 13.3. The molecule has 110 valence electrons. The Morgan fingerprint density at radius 2 is 1.27 bits per heavy atom. The van der Waals surface area contributed by atoms with E-state index in [4.69, 9.17) is 11.5 Å². The fraction of sp³-hybridized carbons (Fsp3) is 0. The zero-order chi connectivity index (χ0) is 15.4. The zero-order valence-corrected chi connectivity index (χ0v) is 13.5. The highest BCUT2D eigenvalue weighted by Crippen LogP contribution is 2.35. The number of hydrogen-bond donors (Lipinski definition) is 2. The Bertz CT molecular complexity index is 770. The molecule has 0 atom stereocenters. The zero-order valence-electron chi connectivity index (χ0n) is 11.9. The number of hydrogen-bond acceptors (Lipinski definition) is 4. The van der Waals surface area contributed by atoms with Crippen molar-refractivity contribution in [1.29, 1.82) is 0 Å². The van der Waals surface area contributed by atoms with Gasteiger partial charge in [0.1, 0.15) is 0 Å². The van der Waals surface area contributed by atoms with Crippen molar-refractivity contribution in [2.24, 2.45) is 0 Å². The number of rotatable bonds is 4. The van der Waals surface area contributed by atoms with Crippen LogP contribution in [0.3, 0.4) is 0 Å². The van der Waals surface area contributed by atoms with E-state index >= 15 is 0 Å². The van der Waals surface area contributed by atoms with Crippen molar-refractivity contribution in [1.82, 2.24) is 0 Å². The van der Waals surface area contributed by atoms with Gasteiger partial charge in [0.25, 0.3) is 0 Å². The van der Waals surface area contributed by atoms with Crippen molar-refractivity contribution in [2.45, 2.75) is 19.6 Å². The lowest BCUT2D eigenvalue weighted by atomic mass is 10.3. The van der Waals surface area contributed by atoms with Crippen molar-refractivity contribution >= 4 is 34.9 Å². The molecule has 4 N–H and O–H groups in total. The van der Waals surface area contributed by atoms with Gasteiger partial charge >= 0.3 is 0 Å². The quantitative estimate of drug-likeness (QED) is 0.651. The molecule has 0 spiro atoms. The van der Waals surface area contributed by atoms with Crippen LogP contribution in [0.2, 0.25) is 0 Å². The van der Waals surface area contributed by atoms with Crippen LogP contribution in [-0.4, -0.2) is 0 Å². The number of benzene rings is 3. The summed E-state index contributed by atoms with van der Waals surface area (Å²) < 4.78 is 0. The maximum absolute atomic E-state index is 6.01. The van der Waals surface area contributed by atoms with Crippen molar-refractivity contribution in [3.05, 3.63) is 72.8 Å². The molecule has 0 radical (unpaired) electrons. The molecule has 0 unspecified atom stereocenters. The molecular formula is C18H16N2S2. The van der Waals surface area contributed by atoms with Gasteiger partial charge in [0.15, 0.2) is 0 Å². The molecule has 3 rings (SSSR count). The van der Waals surface area contributed by atoms with Crippen LogP contribution in [0.25, 0.3) is 0 Å². The second kappa shape index (κ2) is 6.81. The minimum Gasteiger partial charge on any atom is -0.399 e. The van der Waals surface area contributed by atoms with E-state index in [0.29, 0.717) is 0 Å². The normalized spacial score (nSPS) is 10.5. The molecular weight excluding hydrogens is 308 g/mol. The van der Waals surface area contributed by atoms with E-state index in [1.54, 1.807) is 23.5 Å². The van der Waals surface area contributed by atoms with Gasteiger partial charge in [-0.25, -0.2) is 0 Å². The summed E-state index contributed by atoms with van der Waals surface area (Å²) in [5, 5.41) is 0. The van der Waals surface area contributed by atoms with Crippen molar-refractivity contribution in [2.75, 3.05) is 11.5 Å². The summed E-state index contributed by atoms with van der Waals surface area (Å²) in [6, 6.07) is 24.3. The number of para-hydroxylation sites is 1. The molecule has 0 saturated carbocycles. The van der Waals surface area contributed by atoms with Crippen molar-refractivity contribution in [3.8, 4) is 0 Å². The van der Waals surface area contributed by atoms with E-state index in [2.05, 4.69) is 24.3 Å². The average molecular weight is 324 g/mol. The van der Waals surface area contributed by atoms with E-state index in [9.17, 15) is 0 Å². The van der Waals surface area contributed by atoms with E-state index in [-0.39, 0.29) is 0 Å². The van der Waals surface area contributed by atoms with Crippen LogP contribution >= 0.6 is 23.5 Å². The Hall–Kier alpha value is -2.04. The summed E-state index contributed by atoms with van der Waals surface area (Å²) in [6.45, 7) is 0. The molecule has 0 fully saturated rings. The molecule has 0 aliphatic carbocycles. The van der Waals surface area contributed by atoms with Gasteiger partial charge in [-0.15, -0.1) is 0 Å². The molecule has 0 bridgehead atoms. The van der Waals surface area contributed by atoms with Gasteiger partial charge in [-0.05, 0) is 54.6 Å². The number of nitrogens with two attached hydrogens (primary N) is 2. The average Bonchev–Trinajstić information content (AvgIpc) is 2.52. The minimum absolute atomic E-state index is 0.785. The third-order valence-corrected chi connectivity index (χ3v) is 5.15. The highest BCUT2D eigenvalue weighted by Gasteiger charge is 2.03. The SMILES string of the molecule is Nc1ccc(Sc2cccc(Sc3ccccc3N)c2)cc1. The third kappa shape index (κ3) is 3.78. The molecule has 3 aromatic carbocycles. The largest absolute Gasteiger partial charge is 0.399 e.